The van der Waals surface area contributed by atoms with Crippen LogP contribution in [-0.2, 0) is 4.74 Å². The van der Waals surface area contributed by atoms with E-state index >= 15 is 0 Å². The van der Waals surface area contributed by atoms with Crippen molar-refractivity contribution in [2.45, 2.75) is 32.4 Å². The van der Waals surface area contributed by atoms with Crippen LogP contribution in [0.15, 0.2) is 18.2 Å². The Hall–Kier alpha value is -0.840. The van der Waals surface area contributed by atoms with Crippen molar-refractivity contribution in [1.82, 2.24) is 5.32 Å². The predicted molar refractivity (Wildman–Crippen MR) is 75.5 cm³/mol. The van der Waals surface area contributed by atoms with Crippen molar-refractivity contribution in [3.8, 4) is 5.75 Å². The monoisotopic (exact) mass is 289 g/mol. The highest BCUT2D eigenvalue weighted by Crippen LogP contribution is 2.25. The first-order chi connectivity index (χ1) is 8.81. The van der Waals surface area contributed by atoms with Crippen LogP contribution in [0.25, 0.3) is 0 Å². The molecule has 0 spiro atoms. The highest BCUT2D eigenvalue weighted by molar-refractivity contribution is 6.32. The van der Waals surface area contributed by atoms with Crippen LogP contribution in [-0.4, -0.2) is 31.9 Å². The highest BCUT2D eigenvalue weighted by atomic mass is 35.5. The molecule has 108 valence electrons. The quantitative estimate of drug-likeness (QED) is 0.872. The molecule has 0 aliphatic rings. The number of ether oxygens (including phenoxy) is 2. The number of halogens is 2. The minimum atomic E-state index is -0.381. The summed E-state index contributed by atoms with van der Waals surface area (Å²) in [4.78, 5) is 0. The van der Waals surface area contributed by atoms with Crippen molar-refractivity contribution in [3.63, 3.8) is 0 Å². The molecule has 3 nitrogen and oxygen atoms in total. The summed E-state index contributed by atoms with van der Waals surface area (Å²) in [5, 5.41) is 3.60. The third-order valence-electron chi connectivity index (χ3n) is 2.40. The normalized spacial score (nSPS) is 13.4. The molecule has 1 rings (SSSR count). The topological polar surface area (TPSA) is 30.5 Å². The van der Waals surface area contributed by atoms with E-state index in [-0.39, 0.29) is 22.5 Å². The first-order valence-corrected chi connectivity index (χ1v) is 6.55. The molecule has 1 atom stereocenters. The molecule has 1 aromatic rings. The fourth-order valence-corrected chi connectivity index (χ4v) is 1.70. The van der Waals surface area contributed by atoms with E-state index in [4.69, 9.17) is 21.1 Å². The van der Waals surface area contributed by atoms with Gasteiger partial charge in [0.05, 0.1) is 11.6 Å². The van der Waals surface area contributed by atoms with Gasteiger partial charge in [-0.2, -0.15) is 0 Å². The van der Waals surface area contributed by atoms with Gasteiger partial charge in [0.15, 0.2) is 0 Å². The zero-order chi connectivity index (χ0) is 14.5. The summed E-state index contributed by atoms with van der Waals surface area (Å²) in [6.07, 6.45) is -0.188. The van der Waals surface area contributed by atoms with Gasteiger partial charge < -0.3 is 14.8 Å². The van der Waals surface area contributed by atoms with E-state index in [0.717, 1.165) is 0 Å². The average molecular weight is 290 g/mol. The number of rotatable bonds is 6. The summed E-state index contributed by atoms with van der Waals surface area (Å²) in [5.74, 6) is 0.0780. The molecule has 0 aromatic heterocycles. The van der Waals surface area contributed by atoms with Gasteiger partial charge in [0.1, 0.15) is 17.7 Å². The largest absolute Gasteiger partial charge is 0.485 e. The van der Waals surface area contributed by atoms with Crippen LogP contribution in [0.4, 0.5) is 4.39 Å². The van der Waals surface area contributed by atoms with Crippen molar-refractivity contribution < 1.29 is 13.9 Å². The second-order valence-electron chi connectivity index (χ2n) is 5.40. The highest BCUT2D eigenvalue weighted by Gasteiger charge is 2.16. The summed E-state index contributed by atoms with van der Waals surface area (Å²) in [6.45, 7) is 7.26. The van der Waals surface area contributed by atoms with Gasteiger partial charge in [-0.1, -0.05) is 11.6 Å². The number of hydrogen-bond donors (Lipinski definition) is 1. The van der Waals surface area contributed by atoms with E-state index in [1.54, 1.807) is 7.11 Å². The Morgan fingerprint density at radius 2 is 2.05 bits per heavy atom. The second-order valence-corrected chi connectivity index (χ2v) is 5.81. The lowest BCUT2D eigenvalue weighted by atomic mass is 10.1. The minimum Gasteiger partial charge on any atom is -0.485 e. The first kappa shape index (κ1) is 16.2. The molecule has 1 unspecified atom stereocenters. The van der Waals surface area contributed by atoms with Crippen LogP contribution in [0.1, 0.15) is 20.8 Å². The standard InChI is InChI=1S/C14H21ClFNO2/c1-14(2,3)17-8-11(9-18-4)19-13-6-5-10(16)7-12(13)15/h5-7,11,17H,8-9H2,1-4H3. The smallest absolute Gasteiger partial charge is 0.138 e. The molecular weight excluding hydrogens is 269 g/mol. The summed E-state index contributed by atoms with van der Waals surface area (Å²) in [7, 11) is 1.61. The fourth-order valence-electron chi connectivity index (χ4n) is 1.49. The zero-order valence-electron chi connectivity index (χ0n) is 11.8. The predicted octanol–water partition coefficient (Wildman–Crippen LogP) is 3.26. The summed E-state index contributed by atoms with van der Waals surface area (Å²) in [5.41, 5.74) is -0.0120. The van der Waals surface area contributed by atoms with Gasteiger partial charge in [-0.3, -0.25) is 0 Å². The third kappa shape index (κ3) is 6.23. The Morgan fingerprint density at radius 1 is 1.37 bits per heavy atom. The van der Waals surface area contributed by atoms with Crippen LogP contribution >= 0.6 is 11.6 Å². The van der Waals surface area contributed by atoms with Crippen LogP contribution in [0.5, 0.6) is 5.75 Å². The number of benzene rings is 1. The molecular formula is C14H21ClFNO2. The van der Waals surface area contributed by atoms with E-state index in [1.165, 1.54) is 18.2 Å². The summed E-state index contributed by atoms with van der Waals surface area (Å²) >= 11 is 5.94. The molecule has 19 heavy (non-hydrogen) atoms. The maximum Gasteiger partial charge on any atom is 0.138 e. The van der Waals surface area contributed by atoms with E-state index in [9.17, 15) is 4.39 Å². The van der Waals surface area contributed by atoms with Crippen LogP contribution < -0.4 is 10.1 Å². The Labute approximate surface area is 119 Å². The molecule has 0 saturated carbocycles. The lowest BCUT2D eigenvalue weighted by molar-refractivity contribution is 0.0765. The third-order valence-corrected chi connectivity index (χ3v) is 2.70. The van der Waals surface area contributed by atoms with Gasteiger partial charge >= 0.3 is 0 Å². The Bertz CT molecular complexity index is 407. The Morgan fingerprint density at radius 3 is 2.58 bits per heavy atom. The molecule has 1 N–H and O–H groups in total. The van der Waals surface area contributed by atoms with E-state index in [0.29, 0.717) is 18.9 Å². The lowest BCUT2D eigenvalue weighted by Crippen LogP contribution is -2.44. The van der Waals surface area contributed by atoms with Gasteiger partial charge in [-0.15, -0.1) is 0 Å². The van der Waals surface area contributed by atoms with Crippen molar-refractivity contribution in [2.75, 3.05) is 20.3 Å². The Balaban J connectivity index is 2.67. The molecule has 0 fully saturated rings. The SMILES string of the molecule is COCC(CNC(C)(C)C)Oc1ccc(F)cc1Cl. The maximum atomic E-state index is 13.0. The van der Waals surface area contributed by atoms with Gasteiger partial charge in [0, 0.05) is 19.2 Å². The molecule has 0 bridgehead atoms. The molecule has 5 heteroatoms. The summed E-state index contributed by atoms with van der Waals surface area (Å²) in [6, 6.07) is 4.08. The average Bonchev–Trinajstić information content (AvgIpc) is 2.28. The van der Waals surface area contributed by atoms with Gasteiger partial charge in [-0.05, 0) is 39.0 Å². The molecule has 0 radical (unpaired) electrons. The molecule has 0 saturated heterocycles. The second kappa shape index (κ2) is 7.08. The van der Waals surface area contributed by atoms with Crippen LogP contribution in [0, 0.1) is 5.82 Å². The first-order valence-electron chi connectivity index (χ1n) is 6.17. The lowest BCUT2D eigenvalue weighted by Gasteiger charge is -2.26. The molecule has 0 heterocycles. The van der Waals surface area contributed by atoms with Crippen LogP contribution in [0.2, 0.25) is 5.02 Å². The van der Waals surface area contributed by atoms with Crippen LogP contribution in [0.3, 0.4) is 0 Å². The number of hydrogen-bond acceptors (Lipinski definition) is 3. The molecule has 0 aliphatic heterocycles. The molecule has 0 aliphatic carbocycles. The van der Waals surface area contributed by atoms with Crippen molar-refractivity contribution in [2.24, 2.45) is 0 Å². The van der Waals surface area contributed by atoms with Gasteiger partial charge in [0.2, 0.25) is 0 Å². The summed E-state index contributed by atoms with van der Waals surface area (Å²) < 4.78 is 23.8. The minimum absolute atomic E-state index is 0.0120. The Kier molecular flexibility index (Phi) is 6.04. The van der Waals surface area contributed by atoms with E-state index in [2.05, 4.69) is 26.1 Å². The van der Waals surface area contributed by atoms with Gasteiger partial charge in [0.25, 0.3) is 0 Å². The molecule has 0 amide bonds. The van der Waals surface area contributed by atoms with E-state index in [1.807, 2.05) is 0 Å². The van der Waals surface area contributed by atoms with Gasteiger partial charge in [-0.25, -0.2) is 4.39 Å². The van der Waals surface area contributed by atoms with Crippen molar-refractivity contribution in [3.05, 3.63) is 29.0 Å². The van der Waals surface area contributed by atoms with E-state index < -0.39 is 0 Å². The number of nitrogens with one attached hydrogen (secondary N) is 1. The number of methoxy groups -OCH3 is 1. The molecule has 1 aromatic carbocycles. The van der Waals surface area contributed by atoms with Crippen molar-refractivity contribution in [1.29, 1.82) is 0 Å². The zero-order valence-corrected chi connectivity index (χ0v) is 12.6. The fraction of sp³-hybridized carbons (Fsp3) is 0.571. The van der Waals surface area contributed by atoms with Crippen molar-refractivity contribution >= 4 is 11.6 Å². The maximum absolute atomic E-state index is 13.0.